The fourth-order valence-electron chi connectivity index (χ4n) is 4.47. The minimum atomic E-state index is -1.63. The molecule has 2 aliphatic rings. The molecule has 0 spiro atoms. The maximum absolute atomic E-state index is 12.2. The monoisotopic (exact) mass is 359 g/mol. The van der Waals surface area contributed by atoms with E-state index in [0.717, 1.165) is 24.8 Å². The number of imidazole rings is 1. The highest BCUT2D eigenvalue weighted by molar-refractivity contribution is 5.86. The van der Waals surface area contributed by atoms with Gasteiger partial charge in [-0.2, -0.15) is 4.98 Å². The van der Waals surface area contributed by atoms with Gasteiger partial charge < -0.3 is 20.5 Å². The van der Waals surface area contributed by atoms with E-state index in [9.17, 15) is 24.6 Å². The van der Waals surface area contributed by atoms with Crippen molar-refractivity contribution in [2.45, 2.75) is 31.7 Å². The molecule has 10 nitrogen and oxygen atoms in total. The van der Waals surface area contributed by atoms with Gasteiger partial charge in [0.25, 0.3) is 5.56 Å². The van der Waals surface area contributed by atoms with Gasteiger partial charge in [-0.1, -0.05) is 11.6 Å². The molecule has 1 saturated carbocycles. The molecular weight excluding hydrogens is 342 g/mol. The van der Waals surface area contributed by atoms with Gasteiger partial charge in [-0.15, -0.1) is 0 Å². The number of aromatic amines is 1. The highest BCUT2D eigenvalue weighted by Gasteiger charge is 2.56. The maximum atomic E-state index is 12.2. The first kappa shape index (κ1) is 16.3. The number of nitrogens with two attached hydrogens (primary N) is 1. The second-order valence-corrected chi connectivity index (χ2v) is 6.85. The van der Waals surface area contributed by atoms with Crippen molar-refractivity contribution in [1.29, 1.82) is 0 Å². The molecule has 0 aliphatic heterocycles. The lowest BCUT2D eigenvalue weighted by atomic mass is 9.76. The number of carboxylic acid groups (broad SMARTS) is 2. The van der Waals surface area contributed by atoms with E-state index in [1.807, 2.05) is 0 Å². The van der Waals surface area contributed by atoms with Gasteiger partial charge in [-0.25, -0.2) is 4.98 Å². The lowest BCUT2D eigenvalue weighted by Gasteiger charge is -2.33. The van der Waals surface area contributed by atoms with Gasteiger partial charge in [0.05, 0.1) is 18.8 Å². The van der Waals surface area contributed by atoms with E-state index in [0.29, 0.717) is 0 Å². The summed E-state index contributed by atoms with van der Waals surface area (Å²) >= 11 is 0. The summed E-state index contributed by atoms with van der Waals surface area (Å²) in [5, 5.41) is 19.3. The van der Waals surface area contributed by atoms with E-state index in [2.05, 4.69) is 15.0 Å². The van der Waals surface area contributed by atoms with Gasteiger partial charge in [0, 0.05) is 5.92 Å². The van der Waals surface area contributed by atoms with Crippen molar-refractivity contribution in [2.75, 3.05) is 5.73 Å². The van der Waals surface area contributed by atoms with Crippen molar-refractivity contribution < 1.29 is 19.8 Å². The Morgan fingerprint density at radius 2 is 2.19 bits per heavy atom. The Balaban J connectivity index is 1.97. The number of nitrogens with one attached hydrogen (secondary N) is 1. The van der Waals surface area contributed by atoms with E-state index in [4.69, 9.17) is 5.73 Å². The van der Waals surface area contributed by atoms with Gasteiger partial charge >= 0.3 is 11.9 Å². The Morgan fingerprint density at radius 3 is 2.88 bits per heavy atom. The summed E-state index contributed by atoms with van der Waals surface area (Å²) in [6, 6.07) is -0.729. The number of aliphatic carboxylic acids is 2. The number of rotatable bonds is 4. The van der Waals surface area contributed by atoms with Gasteiger partial charge in [-0.3, -0.25) is 19.4 Å². The van der Waals surface area contributed by atoms with Crippen LogP contribution in [-0.4, -0.2) is 41.7 Å². The van der Waals surface area contributed by atoms with Crippen LogP contribution < -0.4 is 11.3 Å². The van der Waals surface area contributed by atoms with E-state index < -0.39 is 35.4 Å². The van der Waals surface area contributed by atoms with Crippen LogP contribution in [0.5, 0.6) is 0 Å². The molecule has 5 N–H and O–H groups in total. The minimum Gasteiger partial charge on any atom is -0.481 e. The van der Waals surface area contributed by atoms with Crippen molar-refractivity contribution in [2.24, 2.45) is 11.3 Å². The molecular formula is C16H17N5O5. The first-order chi connectivity index (χ1) is 12.3. The predicted molar refractivity (Wildman–Crippen MR) is 89.3 cm³/mol. The van der Waals surface area contributed by atoms with Gasteiger partial charge in [0.2, 0.25) is 5.95 Å². The Labute approximate surface area is 146 Å². The Bertz CT molecular complexity index is 1020. The predicted octanol–water partition coefficient (Wildman–Crippen LogP) is 0.529. The third-order valence-corrected chi connectivity index (χ3v) is 5.40. The SMILES string of the molecule is Nc1nc2c(ncn2[C@@H]2C3CCCC3=C[C@]2(CC(=O)O)C(=O)O)c(=O)[nH]1. The van der Waals surface area contributed by atoms with Crippen LogP contribution in [0, 0.1) is 11.3 Å². The fraction of sp³-hybridized carbons (Fsp3) is 0.438. The fourth-order valence-corrected chi connectivity index (χ4v) is 4.47. The van der Waals surface area contributed by atoms with Crippen LogP contribution in [0.15, 0.2) is 22.8 Å². The molecule has 1 unspecified atom stereocenters. The van der Waals surface area contributed by atoms with Gasteiger partial charge in [0.1, 0.15) is 5.41 Å². The molecule has 136 valence electrons. The molecule has 0 amide bonds. The molecule has 0 radical (unpaired) electrons. The molecule has 2 heterocycles. The van der Waals surface area contributed by atoms with Crippen molar-refractivity contribution in [1.82, 2.24) is 19.5 Å². The summed E-state index contributed by atoms with van der Waals surface area (Å²) in [4.78, 5) is 46.3. The number of allylic oxidation sites excluding steroid dienone is 1. The van der Waals surface area contributed by atoms with Crippen molar-refractivity contribution >= 4 is 29.1 Å². The molecule has 4 rings (SSSR count). The molecule has 26 heavy (non-hydrogen) atoms. The average molecular weight is 359 g/mol. The van der Waals surface area contributed by atoms with Gasteiger partial charge in [0.15, 0.2) is 11.2 Å². The van der Waals surface area contributed by atoms with Crippen LogP contribution >= 0.6 is 0 Å². The number of anilines is 1. The molecule has 2 aliphatic carbocycles. The zero-order valence-corrected chi connectivity index (χ0v) is 13.7. The molecule has 10 heteroatoms. The summed E-state index contributed by atoms with van der Waals surface area (Å²) in [5.74, 6) is -2.67. The second kappa shape index (κ2) is 5.41. The molecule has 0 aromatic carbocycles. The summed E-state index contributed by atoms with van der Waals surface area (Å²) in [5.41, 5.74) is 4.63. The number of nitrogen functional groups attached to an aromatic ring is 1. The second-order valence-electron chi connectivity index (χ2n) is 6.85. The van der Waals surface area contributed by atoms with E-state index in [1.54, 1.807) is 6.08 Å². The first-order valence-corrected chi connectivity index (χ1v) is 8.22. The molecule has 0 bridgehead atoms. The number of hydrogen-bond donors (Lipinski definition) is 4. The zero-order chi connectivity index (χ0) is 18.6. The quantitative estimate of drug-likeness (QED) is 0.574. The largest absolute Gasteiger partial charge is 0.481 e. The summed E-state index contributed by atoms with van der Waals surface area (Å²) in [6.45, 7) is 0. The summed E-state index contributed by atoms with van der Waals surface area (Å²) < 4.78 is 1.51. The topological polar surface area (TPSA) is 164 Å². The standard InChI is InChI=1S/C16H17N5O5/c17-15-19-12-10(13(24)20-15)18-6-21(12)11-8-3-1-2-7(8)4-16(11,14(25)26)5-9(22)23/h4,6,8,11H,1-3,5H2,(H,22,23)(H,25,26)(H3,17,19,20,24)/t8?,11-,16-/m1/s1. The molecule has 2 aromatic heterocycles. The number of nitrogens with zero attached hydrogens (tertiary/aromatic N) is 3. The lowest BCUT2D eigenvalue weighted by Crippen LogP contribution is -2.40. The number of hydrogen-bond acceptors (Lipinski definition) is 6. The highest BCUT2D eigenvalue weighted by Crippen LogP contribution is 2.57. The number of carbonyl (C=O) groups is 2. The van der Waals surface area contributed by atoms with Crippen LogP contribution in [-0.2, 0) is 9.59 Å². The molecule has 1 fully saturated rings. The van der Waals surface area contributed by atoms with E-state index >= 15 is 0 Å². The van der Waals surface area contributed by atoms with Gasteiger partial charge in [-0.05, 0) is 19.3 Å². The number of fused-ring (bicyclic) bond motifs is 2. The lowest BCUT2D eigenvalue weighted by molar-refractivity contribution is -0.155. The smallest absolute Gasteiger partial charge is 0.316 e. The van der Waals surface area contributed by atoms with Crippen molar-refractivity contribution in [3.05, 3.63) is 28.3 Å². The van der Waals surface area contributed by atoms with Crippen LogP contribution in [0.4, 0.5) is 5.95 Å². The highest BCUT2D eigenvalue weighted by atomic mass is 16.4. The Morgan fingerprint density at radius 1 is 1.42 bits per heavy atom. The van der Waals surface area contributed by atoms with Crippen LogP contribution in [0.1, 0.15) is 31.7 Å². The Hall–Kier alpha value is -3.17. The normalized spacial score (nSPS) is 27.5. The maximum Gasteiger partial charge on any atom is 0.316 e. The number of aromatic nitrogens is 4. The van der Waals surface area contributed by atoms with E-state index in [1.165, 1.54) is 10.9 Å². The van der Waals surface area contributed by atoms with E-state index in [-0.39, 0.29) is 23.0 Å². The van der Waals surface area contributed by atoms with Crippen LogP contribution in [0.2, 0.25) is 0 Å². The zero-order valence-electron chi connectivity index (χ0n) is 13.7. The molecule has 2 aromatic rings. The summed E-state index contributed by atoms with van der Waals surface area (Å²) in [6.07, 6.45) is 4.76. The van der Waals surface area contributed by atoms with Crippen LogP contribution in [0.25, 0.3) is 11.2 Å². The van der Waals surface area contributed by atoms with Crippen molar-refractivity contribution in [3.8, 4) is 0 Å². The molecule has 3 atom stereocenters. The van der Waals surface area contributed by atoms with Crippen LogP contribution in [0.3, 0.4) is 0 Å². The first-order valence-electron chi connectivity index (χ1n) is 8.22. The third-order valence-electron chi connectivity index (χ3n) is 5.40. The third kappa shape index (κ3) is 2.14. The number of carboxylic acids is 2. The Kier molecular flexibility index (Phi) is 3.40. The minimum absolute atomic E-state index is 0.0419. The van der Waals surface area contributed by atoms with Crippen molar-refractivity contribution in [3.63, 3.8) is 0 Å². The average Bonchev–Trinajstić information content (AvgIpc) is 3.20. The molecule has 0 saturated heterocycles. The number of H-pyrrole nitrogens is 1. The summed E-state index contributed by atoms with van der Waals surface area (Å²) in [7, 11) is 0.